The van der Waals surface area contributed by atoms with Crippen molar-refractivity contribution in [2.75, 3.05) is 36.8 Å². The number of hydrogen-bond donors (Lipinski definition) is 4. The molecule has 0 bridgehead atoms. The Balaban J connectivity index is 1.43. The van der Waals surface area contributed by atoms with Gasteiger partial charge in [0.05, 0.1) is 13.0 Å². The summed E-state index contributed by atoms with van der Waals surface area (Å²) in [5.41, 5.74) is 3.15. The minimum Gasteiger partial charge on any atom is -0.480 e. The number of rotatable bonds is 8. The molecule has 3 rings (SSSR count). The number of urea groups is 1. The van der Waals surface area contributed by atoms with Gasteiger partial charge in [-0.2, -0.15) is 0 Å². The molecule has 0 radical (unpaired) electrons. The monoisotopic (exact) mass is 438 g/mol. The number of anilines is 2. The number of para-hydroxylation sites is 1. The first-order valence-electron chi connectivity index (χ1n) is 10.8. The van der Waals surface area contributed by atoms with Gasteiger partial charge in [0.15, 0.2) is 0 Å². The minimum absolute atomic E-state index is 0.0699. The summed E-state index contributed by atoms with van der Waals surface area (Å²) in [7, 11) is 0. The van der Waals surface area contributed by atoms with Gasteiger partial charge in [0.1, 0.15) is 0 Å². The van der Waals surface area contributed by atoms with Crippen molar-refractivity contribution in [2.24, 2.45) is 5.92 Å². The third-order valence-electron chi connectivity index (χ3n) is 5.60. The van der Waals surface area contributed by atoms with Gasteiger partial charge >= 0.3 is 12.0 Å². The number of carboxylic acids is 1. The molecule has 3 amide bonds. The molecule has 0 unspecified atom stereocenters. The molecule has 0 spiro atoms. The van der Waals surface area contributed by atoms with Crippen LogP contribution in [0.5, 0.6) is 0 Å². The van der Waals surface area contributed by atoms with Gasteiger partial charge in [-0.25, -0.2) is 4.79 Å². The van der Waals surface area contributed by atoms with E-state index in [1.807, 2.05) is 48.2 Å². The largest absolute Gasteiger partial charge is 0.480 e. The van der Waals surface area contributed by atoms with E-state index in [1.54, 1.807) is 12.1 Å². The number of hydrogen-bond acceptors (Lipinski definition) is 4. The lowest BCUT2D eigenvalue weighted by Crippen LogP contribution is -2.40. The third-order valence-corrected chi connectivity index (χ3v) is 5.60. The Labute approximate surface area is 188 Å². The van der Waals surface area contributed by atoms with Crippen LogP contribution in [0.1, 0.15) is 24.0 Å². The molecule has 8 nitrogen and oxygen atoms in total. The maximum absolute atomic E-state index is 12.4. The summed E-state index contributed by atoms with van der Waals surface area (Å²) in [4.78, 5) is 37.4. The van der Waals surface area contributed by atoms with E-state index >= 15 is 0 Å². The van der Waals surface area contributed by atoms with Crippen molar-refractivity contribution in [1.82, 2.24) is 10.2 Å². The normalized spacial score (nSPS) is 14.5. The number of likely N-dealkylation sites (tertiary alicyclic amines) is 1. The van der Waals surface area contributed by atoms with Gasteiger partial charge in [-0.1, -0.05) is 30.3 Å². The van der Waals surface area contributed by atoms with Crippen LogP contribution in [0, 0.1) is 12.8 Å². The van der Waals surface area contributed by atoms with Crippen LogP contribution in [0.25, 0.3) is 0 Å². The first kappa shape index (κ1) is 23.3. The minimum atomic E-state index is -0.805. The Kier molecular flexibility index (Phi) is 8.21. The number of amides is 3. The van der Waals surface area contributed by atoms with Crippen LogP contribution < -0.4 is 16.0 Å². The van der Waals surface area contributed by atoms with Crippen molar-refractivity contribution in [1.29, 1.82) is 0 Å². The van der Waals surface area contributed by atoms with Crippen molar-refractivity contribution in [3.05, 3.63) is 59.7 Å². The van der Waals surface area contributed by atoms with Crippen molar-refractivity contribution in [3.63, 3.8) is 0 Å². The Morgan fingerprint density at radius 2 is 1.78 bits per heavy atom. The second-order valence-corrected chi connectivity index (χ2v) is 8.19. The summed E-state index contributed by atoms with van der Waals surface area (Å²) < 4.78 is 0. The molecule has 8 heteroatoms. The fraction of sp³-hybridized carbons (Fsp3) is 0.375. The summed E-state index contributed by atoms with van der Waals surface area (Å²) in [6.45, 7) is 4.08. The van der Waals surface area contributed by atoms with Gasteiger partial charge in [0.25, 0.3) is 0 Å². The van der Waals surface area contributed by atoms with Gasteiger partial charge in [-0.3, -0.25) is 14.5 Å². The first-order valence-corrected chi connectivity index (χ1v) is 10.8. The van der Waals surface area contributed by atoms with Gasteiger partial charge in [-0.15, -0.1) is 0 Å². The number of carboxylic acid groups (broad SMARTS) is 1. The molecule has 170 valence electrons. The highest BCUT2D eigenvalue weighted by atomic mass is 16.4. The number of aliphatic carboxylic acids is 1. The Hall–Kier alpha value is -3.39. The fourth-order valence-electron chi connectivity index (χ4n) is 3.80. The number of nitrogens with zero attached hydrogens (tertiary/aromatic N) is 1. The predicted octanol–water partition coefficient (Wildman–Crippen LogP) is 3.09. The molecule has 0 aromatic heterocycles. The van der Waals surface area contributed by atoms with Crippen molar-refractivity contribution in [3.8, 4) is 0 Å². The Morgan fingerprint density at radius 3 is 2.50 bits per heavy atom. The molecule has 32 heavy (non-hydrogen) atoms. The number of nitrogens with one attached hydrogen (secondary N) is 3. The Morgan fingerprint density at radius 1 is 1.03 bits per heavy atom. The van der Waals surface area contributed by atoms with Crippen molar-refractivity contribution >= 4 is 29.3 Å². The summed E-state index contributed by atoms with van der Waals surface area (Å²) in [5, 5.41) is 17.5. The predicted molar refractivity (Wildman–Crippen MR) is 124 cm³/mol. The average Bonchev–Trinajstić information content (AvgIpc) is 2.75. The smallest absolute Gasteiger partial charge is 0.323 e. The quantitative estimate of drug-likeness (QED) is 0.506. The molecule has 0 saturated carbocycles. The van der Waals surface area contributed by atoms with E-state index in [0.29, 0.717) is 18.2 Å². The van der Waals surface area contributed by atoms with E-state index in [0.717, 1.165) is 42.7 Å². The molecule has 4 N–H and O–H groups in total. The molecule has 1 aliphatic heterocycles. The molecule has 1 fully saturated rings. The van der Waals surface area contributed by atoms with Crippen LogP contribution in [-0.4, -0.2) is 54.1 Å². The van der Waals surface area contributed by atoms with Gasteiger partial charge in [0.2, 0.25) is 5.91 Å². The molecule has 2 aromatic rings. The Bertz CT molecular complexity index is 955. The summed E-state index contributed by atoms with van der Waals surface area (Å²) in [5.74, 6) is -0.511. The number of carbonyl (C=O) groups is 3. The highest BCUT2D eigenvalue weighted by Gasteiger charge is 2.21. The maximum atomic E-state index is 12.4. The van der Waals surface area contributed by atoms with E-state index in [2.05, 4.69) is 16.0 Å². The summed E-state index contributed by atoms with van der Waals surface area (Å²) >= 11 is 0. The van der Waals surface area contributed by atoms with E-state index < -0.39 is 5.97 Å². The number of benzene rings is 2. The van der Waals surface area contributed by atoms with E-state index in [-0.39, 0.29) is 24.9 Å². The molecule has 1 saturated heterocycles. The van der Waals surface area contributed by atoms with Crippen LogP contribution in [0.4, 0.5) is 16.2 Å². The average molecular weight is 439 g/mol. The molecular formula is C24H30N4O4. The zero-order valence-electron chi connectivity index (χ0n) is 18.3. The number of carbonyl (C=O) groups excluding carboxylic acids is 2. The molecule has 0 aliphatic carbocycles. The van der Waals surface area contributed by atoms with Crippen LogP contribution >= 0.6 is 0 Å². The van der Waals surface area contributed by atoms with E-state index in [4.69, 9.17) is 5.11 Å². The van der Waals surface area contributed by atoms with Crippen LogP contribution in [0.3, 0.4) is 0 Å². The highest BCUT2D eigenvalue weighted by molar-refractivity contribution is 6.00. The lowest BCUT2D eigenvalue weighted by molar-refractivity contribution is -0.138. The second kappa shape index (κ2) is 11.3. The standard InChI is InChI=1S/C24H30N4O4/c1-17-5-2-3-8-21(17)27-24(32)26-20-7-4-6-19(13-20)14-22(29)25-15-18-9-11-28(12-10-18)16-23(30)31/h2-8,13,18H,9-12,14-16H2,1H3,(H,25,29)(H,30,31)(H2,26,27,32). The summed E-state index contributed by atoms with van der Waals surface area (Å²) in [6.07, 6.45) is 1.98. The van der Waals surface area contributed by atoms with Crippen LogP contribution in [0.2, 0.25) is 0 Å². The molecule has 1 heterocycles. The molecule has 2 aromatic carbocycles. The van der Waals surface area contributed by atoms with Crippen LogP contribution in [0.15, 0.2) is 48.5 Å². The van der Waals surface area contributed by atoms with Gasteiger partial charge < -0.3 is 21.1 Å². The zero-order valence-corrected chi connectivity index (χ0v) is 18.3. The topological polar surface area (TPSA) is 111 Å². The first-order chi connectivity index (χ1) is 15.4. The van der Waals surface area contributed by atoms with Crippen molar-refractivity contribution < 1.29 is 19.5 Å². The summed E-state index contributed by atoms with van der Waals surface area (Å²) in [6, 6.07) is 14.4. The molecular weight excluding hydrogens is 408 g/mol. The maximum Gasteiger partial charge on any atom is 0.323 e. The van der Waals surface area contributed by atoms with E-state index in [9.17, 15) is 14.4 Å². The van der Waals surface area contributed by atoms with Crippen LogP contribution in [-0.2, 0) is 16.0 Å². The number of aryl methyl sites for hydroxylation is 1. The fourth-order valence-corrected chi connectivity index (χ4v) is 3.80. The zero-order chi connectivity index (χ0) is 22.9. The lowest BCUT2D eigenvalue weighted by atomic mass is 9.96. The van der Waals surface area contributed by atoms with E-state index in [1.165, 1.54) is 0 Å². The lowest BCUT2D eigenvalue weighted by Gasteiger charge is -2.30. The van der Waals surface area contributed by atoms with Gasteiger partial charge in [-0.05, 0) is 68.1 Å². The van der Waals surface area contributed by atoms with Gasteiger partial charge in [0, 0.05) is 17.9 Å². The second-order valence-electron chi connectivity index (χ2n) is 8.19. The number of piperidine rings is 1. The van der Waals surface area contributed by atoms with Crippen molar-refractivity contribution in [2.45, 2.75) is 26.2 Å². The highest BCUT2D eigenvalue weighted by Crippen LogP contribution is 2.17. The molecule has 0 atom stereocenters. The SMILES string of the molecule is Cc1ccccc1NC(=O)Nc1cccc(CC(=O)NCC2CCN(CC(=O)O)CC2)c1. The molecule has 1 aliphatic rings. The third kappa shape index (κ3) is 7.39.